The van der Waals surface area contributed by atoms with E-state index in [-0.39, 0.29) is 0 Å². The average Bonchev–Trinajstić information content (AvgIpc) is 2.52. The Kier molecular flexibility index (Phi) is 3.35. The molecule has 1 N–H and O–H groups in total. The first-order chi connectivity index (χ1) is 7.13. The number of hydrogen-bond acceptors (Lipinski definition) is 2. The van der Waals surface area contributed by atoms with E-state index < -0.39 is 5.97 Å². The highest BCUT2D eigenvalue weighted by molar-refractivity contribution is 14.1. The lowest BCUT2D eigenvalue weighted by molar-refractivity contribution is 0.0695. The lowest BCUT2D eigenvalue weighted by atomic mass is 9.86. The van der Waals surface area contributed by atoms with Gasteiger partial charge in [0.2, 0.25) is 0 Å². The number of fused-ring (bicyclic) bond motifs is 1. The molecule has 0 bridgehead atoms. The number of carboxylic acids is 1. The van der Waals surface area contributed by atoms with Gasteiger partial charge in [-0.1, -0.05) is 13.3 Å². The molecule has 0 aromatic carbocycles. The molecule has 1 unspecified atom stereocenters. The van der Waals surface area contributed by atoms with Crippen LogP contribution in [0.15, 0.2) is 0 Å². The van der Waals surface area contributed by atoms with Crippen molar-refractivity contribution in [1.82, 2.24) is 0 Å². The predicted molar refractivity (Wildman–Crippen MR) is 69.8 cm³/mol. The molecule has 0 radical (unpaired) electrons. The zero-order chi connectivity index (χ0) is 11.0. The van der Waals surface area contributed by atoms with Crippen molar-refractivity contribution in [1.29, 1.82) is 0 Å². The van der Waals surface area contributed by atoms with Crippen molar-refractivity contribution < 1.29 is 9.90 Å². The molecular weight excluding hydrogens is 323 g/mol. The van der Waals surface area contributed by atoms with Gasteiger partial charge in [0.05, 0.1) is 8.45 Å². The average molecular weight is 336 g/mol. The third kappa shape index (κ3) is 2.06. The minimum absolute atomic E-state index is 0.574. The van der Waals surface area contributed by atoms with Gasteiger partial charge in [0.15, 0.2) is 0 Å². The molecule has 1 heterocycles. The van der Waals surface area contributed by atoms with Crippen LogP contribution >= 0.6 is 33.9 Å². The fourth-order valence-electron chi connectivity index (χ4n) is 2.18. The molecular formula is C11H13IO2S. The summed E-state index contributed by atoms with van der Waals surface area (Å²) in [6.45, 7) is 2.21. The topological polar surface area (TPSA) is 37.3 Å². The van der Waals surface area contributed by atoms with Crippen molar-refractivity contribution in [2.75, 3.05) is 0 Å². The number of carboxylic acid groups (broad SMARTS) is 1. The van der Waals surface area contributed by atoms with Gasteiger partial charge in [-0.15, -0.1) is 11.3 Å². The van der Waals surface area contributed by atoms with Crippen LogP contribution in [0.5, 0.6) is 0 Å². The molecule has 0 aliphatic heterocycles. The van der Waals surface area contributed by atoms with Crippen molar-refractivity contribution in [2.45, 2.75) is 32.6 Å². The molecule has 1 aromatic heterocycles. The molecule has 0 fully saturated rings. The van der Waals surface area contributed by atoms with Crippen molar-refractivity contribution in [3.8, 4) is 0 Å². The third-order valence-electron chi connectivity index (χ3n) is 3.12. The fraction of sp³-hybridized carbons (Fsp3) is 0.545. The van der Waals surface area contributed by atoms with E-state index in [0.29, 0.717) is 5.56 Å². The van der Waals surface area contributed by atoms with Gasteiger partial charge >= 0.3 is 5.97 Å². The Bertz CT molecular complexity index is 398. The van der Waals surface area contributed by atoms with Gasteiger partial charge < -0.3 is 5.11 Å². The summed E-state index contributed by atoms with van der Waals surface area (Å²) >= 11 is 3.82. The molecule has 0 saturated heterocycles. The van der Waals surface area contributed by atoms with Gasteiger partial charge in [0, 0.05) is 4.88 Å². The number of carbonyl (C=O) groups is 1. The van der Waals surface area contributed by atoms with Gasteiger partial charge in [-0.25, -0.2) is 4.79 Å². The smallest absolute Gasteiger partial charge is 0.337 e. The Balaban J connectivity index is 2.39. The molecule has 2 nitrogen and oxygen atoms in total. The van der Waals surface area contributed by atoms with Gasteiger partial charge in [-0.3, -0.25) is 0 Å². The summed E-state index contributed by atoms with van der Waals surface area (Å²) in [6, 6.07) is 0. The first-order valence-electron chi connectivity index (χ1n) is 5.16. The Morgan fingerprint density at radius 1 is 1.67 bits per heavy atom. The number of rotatable bonds is 2. The maximum Gasteiger partial charge on any atom is 0.337 e. The number of aromatic carboxylic acids is 1. The third-order valence-corrected chi connectivity index (χ3v) is 5.36. The standard InChI is InChI=1S/C11H13IO2S/c1-2-6-3-4-7-8(5-6)15-10(12)9(7)11(13)14/h6H,2-5H2,1H3,(H,13,14). The monoisotopic (exact) mass is 336 g/mol. The summed E-state index contributed by atoms with van der Waals surface area (Å²) in [6.07, 6.45) is 4.39. The van der Waals surface area contributed by atoms with Gasteiger partial charge in [0.25, 0.3) is 0 Å². The van der Waals surface area contributed by atoms with Crippen molar-refractivity contribution in [3.63, 3.8) is 0 Å². The van der Waals surface area contributed by atoms with Gasteiger partial charge in [-0.2, -0.15) is 0 Å². The molecule has 82 valence electrons. The van der Waals surface area contributed by atoms with E-state index in [0.717, 1.165) is 33.6 Å². The molecule has 1 aliphatic carbocycles. The highest BCUT2D eigenvalue weighted by Crippen LogP contribution is 2.37. The minimum atomic E-state index is -0.758. The first kappa shape index (κ1) is 11.4. The van der Waals surface area contributed by atoms with E-state index in [1.807, 2.05) is 0 Å². The molecule has 0 amide bonds. The molecule has 15 heavy (non-hydrogen) atoms. The first-order valence-corrected chi connectivity index (χ1v) is 7.06. The quantitative estimate of drug-likeness (QED) is 0.839. The van der Waals surface area contributed by atoms with Crippen LogP contribution in [0.1, 0.15) is 40.6 Å². The number of halogens is 1. The molecule has 1 aromatic rings. The fourth-order valence-corrected chi connectivity index (χ4v) is 4.71. The Morgan fingerprint density at radius 3 is 3.00 bits per heavy atom. The highest BCUT2D eigenvalue weighted by Gasteiger charge is 2.26. The predicted octanol–water partition coefficient (Wildman–Crippen LogP) is 3.57. The molecule has 0 saturated carbocycles. The zero-order valence-electron chi connectivity index (χ0n) is 8.55. The van der Waals surface area contributed by atoms with Crippen molar-refractivity contribution >= 4 is 39.9 Å². The van der Waals surface area contributed by atoms with Crippen molar-refractivity contribution in [2.24, 2.45) is 5.92 Å². The number of thiophene rings is 1. The summed E-state index contributed by atoms with van der Waals surface area (Å²) in [4.78, 5) is 12.4. The van der Waals surface area contributed by atoms with Crippen LogP contribution < -0.4 is 0 Å². The van der Waals surface area contributed by atoms with E-state index in [1.165, 1.54) is 11.3 Å². The second-order valence-corrected chi connectivity index (χ2v) is 6.89. The van der Waals surface area contributed by atoms with Crippen LogP contribution in [0.2, 0.25) is 0 Å². The second kappa shape index (κ2) is 4.41. The number of hydrogen-bond donors (Lipinski definition) is 1. The summed E-state index contributed by atoms with van der Waals surface area (Å²) in [5.41, 5.74) is 1.69. The van der Waals surface area contributed by atoms with E-state index in [1.54, 1.807) is 11.3 Å². The van der Waals surface area contributed by atoms with Crippen LogP contribution in [0.25, 0.3) is 0 Å². The molecule has 1 atom stereocenters. The molecule has 0 spiro atoms. The van der Waals surface area contributed by atoms with E-state index in [9.17, 15) is 4.79 Å². The maximum absolute atomic E-state index is 11.1. The lowest BCUT2D eigenvalue weighted by Crippen LogP contribution is -2.13. The second-order valence-electron chi connectivity index (χ2n) is 3.97. The van der Waals surface area contributed by atoms with Crippen LogP contribution in [-0.2, 0) is 12.8 Å². The molecule has 2 rings (SSSR count). The van der Waals surface area contributed by atoms with E-state index in [4.69, 9.17) is 5.11 Å². The maximum atomic E-state index is 11.1. The summed E-state index contributed by atoms with van der Waals surface area (Å²) in [5.74, 6) is 0.000411. The summed E-state index contributed by atoms with van der Waals surface area (Å²) in [7, 11) is 0. The van der Waals surface area contributed by atoms with Gasteiger partial charge in [-0.05, 0) is 53.3 Å². The van der Waals surface area contributed by atoms with E-state index in [2.05, 4.69) is 29.5 Å². The molecule has 1 aliphatic rings. The highest BCUT2D eigenvalue weighted by atomic mass is 127. The molecule has 4 heteroatoms. The Labute approximate surface area is 107 Å². The van der Waals surface area contributed by atoms with E-state index >= 15 is 0 Å². The van der Waals surface area contributed by atoms with Crippen LogP contribution in [0.4, 0.5) is 0 Å². The zero-order valence-corrected chi connectivity index (χ0v) is 11.5. The van der Waals surface area contributed by atoms with Crippen LogP contribution in [0, 0.1) is 8.80 Å². The van der Waals surface area contributed by atoms with Crippen molar-refractivity contribution in [3.05, 3.63) is 18.9 Å². The SMILES string of the molecule is CCC1CCc2c(sc(I)c2C(=O)O)C1. The summed E-state index contributed by atoms with van der Waals surface area (Å²) < 4.78 is 0.946. The van der Waals surface area contributed by atoms with Gasteiger partial charge in [0.1, 0.15) is 0 Å². The minimum Gasteiger partial charge on any atom is -0.478 e. The lowest BCUT2D eigenvalue weighted by Gasteiger charge is -2.20. The van der Waals surface area contributed by atoms with Crippen LogP contribution in [0.3, 0.4) is 0 Å². The Hall–Kier alpha value is -0.100. The van der Waals surface area contributed by atoms with Crippen LogP contribution in [-0.4, -0.2) is 11.1 Å². The largest absolute Gasteiger partial charge is 0.478 e. The Morgan fingerprint density at radius 2 is 2.40 bits per heavy atom. The summed E-state index contributed by atoms with van der Waals surface area (Å²) in [5, 5.41) is 9.14. The normalized spacial score (nSPS) is 20.0.